The lowest BCUT2D eigenvalue weighted by atomic mass is 10.1. The molecule has 144 valence electrons. The van der Waals surface area contributed by atoms with E-state index in [1.165, 1.54) is 6.21 Å². The lowest BCUT2D eigenvalue weighted by Gasteiger charge is -2.14. The van der Waals surface area contributed by atoms with Gasteiger partial charge in [-0.05, 0) is 30.5 Å². The topological polar surface area (TPSA) is 63.6 Å². The van der Waals surface area contributed by atoms with Gasteiger partial charge in [0, 0.05) is 16.3 Å². The molecule has 4 rings (SSSR count). The number of nitrogens with one attached hydrogen (secondary N) is 1. The second-order valence-electron chi connectivity index (χ2n) is 6.53. The molecule has 0 aliphatic carbocycles. The molecule has 0 spiro atoms. The summed E-state index contributed by atoms with van der Waals surface area (Å²) < 4.78 is 5.85. The van der Waals surface area contributed by atoms with Crippen molar-refractivity contribution in [3.63, 3.8) is 0 Å². The third kappa shape index (κ3) is 4.20. The molecule has 0 fully saturated rings. The number of amides is 1. The molecule has 1 atom stereocenters. The highest BCUT2D eigenvalue weighted by Crippen LogP contribution is 2.26. The van der Waals surface area contributed by atoms with Gasteiger partial charge in [-0.1, -0.05) is 66.2 Å². The van der Waals surface area contributed by atoms with Crippen molar-refractivity contribution < 1.29 is 9.53 Å². The molecule has 1 N–H and O–H groups in total. The summed E-state index contributed by atoms with van der Waals surface area (Å²) in [5, 5.41) is 7.27. The number of hydrogen-bond acceptors (Lipinski definition) is 4. The van der Waals surface area contributed by atoms with Crippen LogP contribution in [0.25, 0.3) is 21.7 Å². The van der Waals surface area contributed by atoms with Gasteiger partial charge in [-0.15, -0.1) is 0 Å². The van der Waals surface area contributed by atoms with Gasteiger partial charge >= 0.3 is 0 Å². The van der Waals surface area contributed by atoms with Crippen molar-refractivity contribution in [1.29, 1.82) is 0 Å². The Bertz CT molecular complexity index is 1220. The van der Waals surface area contributed by atoms with Gasteiger partial charge in [0.15, 0.2) is 6.10 Å². The smallest absolute Gasteiger partial charge is 0.280 e. The molecule has 5 nitrogen and oxygen atoms in total. The SMILES string of the molecule is C[C@H](Oc1cccc2ccccc12)C(=O)N/N=C\c1cc2ccccc2nc1Cl. The summed E-state index contributed by atoms with van der Waals surface area (Å²) in [6.07, 6.45) is 0.757. The number of rotatable bonds is 5. The Labute approximate surface area is 173 Å². The number of benzene rings is 3. The number of fused-ring (bicyclic) bond motifs is 2. The molecule has 0 bridgehead atoms. The van der Waals surface area contributed by atoms with Gasteiger partial charge in [0.2, 0.25) is 0 Å². The van der Waals surface area contributed by atoms with Gasteiger partial charge in [-0.3, -0.25) is 4.79 Å². The minimum absolute atomic E-state index is 0.321. The second-order valence-corrected chi connectivity index (χ2v) is 6.89. The Kier molecular flexibility index (Phi) is 5.40. The number of carbonyl (C=O) groups excluding carboxylic acids is 1. The molecule has 0 unspecified atom stereocenters. The molecule has 0 saturated heterocycles. The molecule has 29 heavy (non-hydrogen) atoms. The van der Waals surface area contributed by atoms with Crippen molar-refractivity contribution in [2.24, 2.45) is 5.10 Å². The fraction of sp³-hybridized carbons (Fsp3) is 0.0870. The van der Waals surface area contributed by atoms with Crippen molar-refractivity contribution in [2.45, 2.75) is 13.0 Å². The maximum absolute atomic E-state index is 12.4. The number of nitrogens with zero attached hydrogens (tertiary/aromatic N) is 2. The number of hydrazone groups is 1. The van der Waals surface area contributed by atoms with E-state index in [2.05, 4.69) is 15.5 Å². The summed E-state index contributed by atoms with van der Waals surface area (Å²) in [5.74, 6) is 0.288. The molecule has 0 radical (unpaired) electrons. The quantitative estimate of drug-likeness (QED) is 0.291. The molecule has 3 aromatic carbocycles. The standard InChI is InChI=1S/C23H18ClN3O2/c1-15(29-21-12-6-9-16-7-2-4-10-19(16)21)23(28)27-25-14-18-13-17-8-3-5-11-20(17)26-22(18)24/h2-15H,1H3,(H,27,28)/b25-14-/t15-/m0/s1. The van der Waals surface area contributed by atoms with Crippen LogP contribution in [0.5, 0.6) is 5.75 Å². The van der Waals surface area contributed by atoms with Crippen LogP contribution in [0.15, 0.2) is 77.9 Å². The molecule has 0 saturated carbocycles. The summed E-state index contributed by atoms with van der Waals surface area (Å²) in [6.45, 7) is 1.68. The van der Waals surface area contributed by atoms with E-state index in [0.717, 1.165) is 21.7 Å². The predicted octanol–water partition coefficient (Wildman–Crippen LogP) is 4.96. The maximum atomic E-state index is 12.4. The van der Waals surface area contributed by atoms with E-state index < -0.39 is 6.10 Å². The zero-order chi connectivity index (χ0) is 20.2. The highest BCUT2D eigenvalue weighted by atomic mass is 35.5. The molecular weight excluding hydrogens is 386 g/mol. The first kappa shape index (κ1) is 18.9. The molecule has 1 amide bonds. The molecule has 6 heteroatoms. The largest absolute Gasteiger partial charge is 0.480 e. The first-order chi connectivity index (χ1) is 14.1. The minimum atomic E-state index is -0.719. The zero-order valence-electron chi connectivity index (χ0n) is 15.7. The predicted molar refractivity (Wildman–Crippen MR) is 117 cm³/mol. The van der Waals surface area contributed by atoms with E-state index in [4.69, 9.17) is 16.3 Å². The Hall–Kier alpha value is -3.44. The third-order valence-electron chi connectivity index (χ3n) is 4.51. The molecule has 1 heterocycles. The highest BCUT2D eigenvalue weighted by Gasteiger charge is 2.15. The maximum Gasteiger partial charge on any atom is 0.280 e. The van der Waals surface area contributed by atoms with E-state index in [0.29, 0.717) is 16.5 Å². The van der Waals surface area contributed by atoms with E-state index >= 15 is 0 Å². The lowest BCUT2D eigenvalue weighted by molar-refractivity contribution is -0.127. The number of aromatic nitrogens is 1. The molecule has 0 aliphatic heterocycles. The highest BCUT2D eigenvalue weighted by molar-refractivity contribution is 6.32. The third-order valence-corrected chi connectivity index (χ3v) is 4.81. The monoisotopic (exact) mass is 403 g/mol. The number of pyridine rings is 1. The summed E-state index contributed by atoms with van der Waals surface area (Å²) in [5.41, 5.74) is 3.91. The Morgan fingerprint density at radius 1 is 1.07 bits per heavy atom. The second kappa shape index (κ2) is 8.29. The van der Waals surface area contributed by atoms with Gasteiger partial charge in [0.05, 0.1) is 11.7 Å². The first-order valence-corrected chi connectivity index (χ1v) is 9.52. The van der Waals surface area contributed by atoms with Crippen molar-refractivity contribution in [2.75, 3.05) is 0 Å². The van der Waals surface area contributed by atoms with E-state index in [-0.39, 0.29) is 5.91 Å². The van der Waals surface area contributed by atoms with Crippen LogP contribution >= 0.6 is 11.6 Å². The first-order valence-electron chi connectivity index (χ1n) is 9.14. The fourth-order valence-electron chi connectivity index (χ4n) is 3.00. The van der Waals surface area contributed by atoms with Crippen LogP contribution in [0.4, 0.5) is 0 Å². The number of ether oxygens (including phenoxy) is 1. The summed E-state index contributed by atoms with van der Waals surface area (Å²) in [6, 6.07) is 23.1. The van der Waals surface area contributed by atoms with Crippen LogP contribution in [0, 0.1) is 0 Å². The molecule has 1 aromatic heterocycles. The number of halogens is 1. The normalized spacial score (nSPS) is 12.3. The van der Waals surface area contributed by atoms with Gasteiger partial charge in [0.1, 0.15) is 10.9 Å². The zero-order valence-corrected chi connectivity index (χ0v) is 16.4. The van der Waals surface area contributed by atoms with Crippen LogP contribution in [0.3, 0.4) is 0 Å². The van der Waals surface area contributed by atoms with Crippen LogP contribution in [-0.4, -0.2) is 23.2 Å². The van der Waals surface area contributed by atoms with Crippen LogP contribution in [0.2, 0.25) is 5.15 Å². The van der Waals surface area contributed by atoms with E-state index in [1.54, 1.807) is 6.92 Å². The van der Waals surface area contributed by atoms with Crippen molar-refractivity contribution >= 4 is 45.4 Å². The van der Waals surface area contributed by atoms with Gasteiger partial charge in [-0.25, -0.2) is 10.4 Å². The van der Waals surface area contributed by atoms with Gasteiger partial charge < -0.3 is 4.74 Å². The summed E-state index contributed by atoms with van der Waals surface area (Å²) in [7, 11) is 0. The Balaban J connectivity index is 1.44. The van der Waals surface area contributed by atoms with Crippen LogP contribution in [-0.2, 0) is 4.79 Å². The fourth-order valence-corrected chi connectivity index (χ4v) is 3.19. The lowest BCUT2D eigenvalue weighted by Crippen LogP contribution is -2.33. The number of carbonyl (C=O) groups is 1. The summed E-state index contributed by atoms with van der Waals surface area (Å²) >= 11 is 6.20. The van der Waals surface area contributed by atoms with Gasteiger partial charge in [-0.2, -0.15) is 5.10 Å². The van der Waals surface area contributed by atoms with Gasteiger partial charge in [0.25, 0.3) is 5.91 Å². The molecule has 4 aromatic rings. The number of para-hydroxylation sites is 1. The van der Waals surface area contributed by atoms with E-state index in [9.17, 15) is 4.79 Å². The van der Waals surface area contributed by atoms with Crippen molar-refractivity contribution in [3.8, 4) is 5.75 Å². The molecular formula is C23H18ClN3O2. The molecule has 0 aliphatic rings. The van der Waals surface area contributed by atoms with Crippen LogP contribution in [0.1, 0.15) is 12.5 Å². The minimum Gasteiger partial charge on any atom is -0.480 e. The average Bonchev–Trinajstić information content (AvgIpc) is 2.74. The van der Waals surface area contributed by atoms with Crippen LogP contribution < -0.4 is 10.2 Å². The van der Waals surface area contributed by atoms with Crippen molar-refractivity contribution in [1.82, 2.24) is 10.4 Å². The Morgan fingerprint density at radius 3 is 2.66 bits per heavy atom. The number of hydrogen-bond donors (Lipinski definition) is 1. The van der Waals surface area contributed by atoms with Crippen molar-refractivity contribution in [3.05, 3.63) is 83.5 Å². The van der Waals surface area contributed by atoms with E-state index in [1.807, 2.05) is 72.8 Å². The average molecular weight is 404 g/mol. The summed E-state index contributed by atoms with van der Waals surface area (Å²) in [4.78, 5) is 16.7. The Morgan fingerprint density at radius 2 is 1.79 bits per heavy atom.